The number of hydrogen-bond acceptors (Lipinski definition) is 2. The van der Waals surface area contributed by atoms with Gasteiger partial charge in [0, 0.05) is 16.7 Å². The van der Waals surface area contributed by atoms with Crippen LogP contribution >= 0.6 is 46.4 Å². The van der Waals surface area contributed by atoms with Gasteiger partial charge in [0.2, 0.25) is 0 Å². The number of halogens is 6. The van der Waals surface area contributed by atoms with Crippen molar-refractivity contribution < 1.29 is 18.4 Å². The smallest absolute Gasteiger partial charge is 0.181 e. The molecular formula is C20H10Cl4F2O2. The number of fused-ring (bicyclic) bond motifs is 1. The van der Waals surface area contributed by atoms with E-state index in [9.17, 15) is 18.4 Å². The molecule has 0 saturated heterocycles. The molecule has 4 fully saturated rings. The Morgan fingerprint density at radius 1 is 0.929 bits per heavy atom. The van der Waals surface area contributed by atoms with Crippen LogP contribution in [-0.4, -0.2) is 31.1 Å². The van der Waals surface area contributed by atoms with Gasteiger partial charge in [-0.3, -0.25) is 9.59 Å². The highest BCUT2D eigenvalue weighted by Crippen LogP contribution is 2.94. The van der Waals surface area contributed by atoms with E-state index in [4.69, 9.17) is 46.4 Å². The van der Waals surface area contributed by atoms with E-state index < -0.39 is 59.5 Å². The lowest BCUT2D eigenvalue weighted by Gasteiger charge is -2.68. The van der Waals surface area contributed by atoms with E-state index in [1.165, 1.54) is 42.5 Å². The lowest BCUT2D eigenvalue weighted by Crippen LogP contribution is -2.83. The fraction of sp³-hybridized carbons (Fsp3) is 0.400. The Balaban J connectivity index is 1.78. The number of carbonyl (C=O) groups excluding carboxylic acids is 2. The molecule has 5 aliphatic carbocycles. The molecule has 0 N–H and O–H groups in total. The molecule has 0 aliphatic heterocycles. The maximum absolute atomic E-state index is 14.2. The predicted octanol–water partition coefficient (Wildman–Crippen LogP) is 4.58. The van der Waals surface area contributed by atoms with E-state index in [0.29, 0.717) is 5.56 Å². The quantitative estimate of drug-likeness (QED) is 0.573. The zero-order chi connectivity index (χ0) is 20.1. The first-order chi connectivity index (χ1) is 13.0. The summed E-state index contributed by atoms with van der Waals surface area (Å²) in [5, 5.41) is 0. The maximum Gasteiger partial charge on any atom is 0.181 e. The molecule has 2 bridgehead atoms. The fourth-order valence-corrected chi connectivity index (χ4v) is 9.54. The van der Waals surface area contributed by atoms with E-state index in [-0.39, 0.29) is 6.42 Å². The zero-order valence-corrected chi connectivity index (χ0v) is 16.9. The number of alkyl halides is 4. The third kappa shape index (κ3) is 1.16. The molecule has 1 aromatic rings. The first-order valence-electron chi connectivity index (χ1n) is 8.68. The standard InChI is InChI=1S/C20H10Cl4F2O2/c21-17-8-16(9-1-3-10(25)4-2-9)15-6-5-11(26)7-12(15)18(22,13(17)27)20(15,24)14(28)19(16,17)23/h1-7,12H,8H2/t12-,15+,16+,17-,18+,19-,20+/m1/s1. The minimum Gasteiger partial charge on any atom is -0.296 e. The number of benzene rings is 1. The van der Waals surface area contributed by atoms with E-state index in [0.717, 1.165) is 0 Å². The van der Waals surface area contributed by atoms with Crippen molar-refractivity contribution in [3.8, 4) is 0 Å². The topological polar surface area (TPSA) is 34.1 Å². The molecule has 4 saturated carbocycles. The second-order valence-corrected chi connectivity index (χ2v) is 10.7. The minimum atomic E-state index is -1.90. The normalized spacial score (nSPS) is 54.6. The predicted molar refractivity (Wildman–Crippen MR) is 101 cm³/mol. The maximum atomic E-state index is 14.2. The first kappa shape index (κ1) is 17.9. The molecule has 2 nitrogen and oxygen atoms in total. The molecule has 1 spiro atoms. The summed E-state index contributed by atoms with van der Waals surface area (Å²) < 4.78 is 27.8. The van der Waals surface area contributed by atoms with Crippen LogP contribution in [0.2, 0.25) is 0 Å². The first-order valence-corrected chi connectivity index (χ1v) is 10.2. The van der Waals surface area contributed by atoms with Crippen LogP contribution in [0.15, 0.2) is 48.3 Å². The van der Waals surface area contributed by atoms with Gasteiger partial charge in [-0.2, -0.15) is 0 Å². The number of ketones is 2. The van der Waals surface area contributed by atoms with Crippen molar-refractivity contribution in [3.05, 3.63) is 59.7 Å². The number of carbonyl (C=O) groups is 2. The molecule has 5 aliphatic rings. The molecule has 0 heterocycles. The van der Waals surface area contributed by atoms with Crippen LogP contribution < -0.4 is 0 Å². The molecular weight excluding hydrogens is 452 g/mol. The summed E-state index contributed by atoms with van der Waals surface area (Å²) in [6.07, 6.45) is 3.96. The Morgan fingerprint density at radius 2 is 1.57 bits per heavy atom. The van der Waals surface area contributed by atoms with Gasteiger partial charge in [0.05, 0.1) is 0 Å². The summed E-state index contributed by atoms with van der Waals surface area (Å²) >= 11 is 27.3. The third-order valence-electron chi connectivity index (χ3n) is 7.82. The SMILES string of the molecule is O=C1[C@@]2(Cl)[C@]3(c4ccc(F)cc4)C[C@@]2(Cl)C(=O)[C@@]2(Cl)[C@@H]4C=C(F)C=C[C@]43[C@@]12Cl. The summed E-state index contributed by atoms with van der Waals surface area (Å²) in [5.74, 6) is -3.23. The zero-order valence-electron chi connectivity index (χ0n) is 13.9. The van der Waals surface area contributed by atoms with Crippen LogP contribution in [0.25, 0.3) is 0 Å². The highest BCUT2D eigenvalue weighted by molar-refractivity contribution is 6.67. The Kier molecular flexibility index (Phi) is 2.80. The van der Waals surface area contributed by atoms with Gasteiger partial charge < -0.3 is 0 Å². The van der Waals surface area contributed by atoms with E-state index >= 15 is 0 Å². The van der Waals surface area contributed by atoms with E-state index in [1.54, 1.807) is 0 Å². The van der Waals surface area contributed by atoms with Gasteiger partial charge in [0.25, 0.3) is 0 Å². The average Bonchev–Trinajstić information content (AvgIpc) is 2.74. The van der Waals surface area contributed by atoms with E-state index in [1.807, 2.05) is 0 Å². The second-order valence-electron chi connectivity index (χ2n) is 8.31. The molecule has 144 valence electrons. The van der Waals surface area contributed by atoms with Gasteiger partial charge in [-0.05, 0) is 36.3 Å². The van der Waals surface area contributed by atoms with Crippen LogP contribution in [0, 0.1) is 17.2 Å². The molecule has 6 rings (SSSR count). The Bertz CT molecular complexity index is 1100. The van der Waals surface area contributed by atoms with Crippen LogP contribution in [0.3, 0.4) is 0 Å². The molecule has 0 aromatic heterocycles. The summed E-state index contributed by atoms with van der Waals surface area (Å²) in [6.45, 7) is 0. The van der Waals surface area contributed by atoms with Crippen molar-refractivity contribution in [3.63, 3.8) is 0 Å². The molecule has 0 amide bonds. The largest absolute Gasteiger partial charge is 0.296 e. The van der Waals surface area contributed by atoms with Crippen LogP contribution in [0.1, 0.15) is 12.0 Å². The number of hydrogen-bond donors (Lipinski definition) is 0. The van der Waals surface area contributed by atoms with Crippen molar-refractivity contribution in [2.75, 3.05) is 0 Å². The number of Topliss-reactive ketones (excluding diaryl/α,β-unsaturated/α-hetero) is 2. The van der Waals surface area contributed by atoms with Gasteiger partial charge in [-0.15, -0.1) is 46.4 Å². The number of allylic oxidation sites excluding steroid dienone is 4. The van der Waals surface area contributed by atoms with Crippen molar-refractivity contribution in [1.29, 1.82) is 0 Å². The van der Waals surface area contributed by atoms with Gasteiger partial charge in [-0.25, -0.2) is 8.78 Å². The Morgan fingerprint density at radius 3 is 2.21 bits per heavy atom. The second kappa shape index (κ2) is 4.39. The van der Waals surface area contributed by atoms with Gasteiger partial charge in [0.15, 0.2) is 11.6 Å². The summed E-state index contributed by atoms with van der Waals surface area (Å²) in [7, 11) is 0. The molecule has 1 aromatic carbocycles. The highest BCUT2D eigenvalue weighted by Gasteiger charge is 3.08. The Hall–Kier alpha value is -0.940. The summed E-state index contributed by atoms with van der Waals surface area (Å²) in [6, 6.07) is 5.51. The van der Waals surface area contributed by atoms with Gasteiger partial charge in [0.1, 0.15) is 31.1 Å². The molecule has 0 radical (unpaired) electrons. The van der Waals surface area contributed by atoms with Gasteiger partial charge >= 0.3 is 0 Å². The van der Waals surface area contributed by atoms with Gasteiger partial charge in [-0.1, -0.05) is 18.2 Å². The monoisotopic (exact) mass is 460 g/mol. The van der Waals surface area contributed by atoms with Crippen molar-refractivity contribution in [1.82, 2.24) is 0 Å². The minimum absolute atomic E-state index is 0.000496. The van der Waals surface area contributed by atoms with Crippen LogP contribution in [-0.2, 0) is 15.0 Å². The lowest BCUT2D eigenvalue weighted by atomic mass is 9.38. The van der Waals surface area contributed by atoms with E-state index in [2.05, 4.69) is 0 Å². The fourth-order valence-electron chi connectivity index (χ4n) is 6.89. The average molecular weight is 462 g/mol. The van der Waals surface area contributed by atoms with Crippen LogP contribution in [0.5, 0.6) is 0 Å². The molecule has 28 heavy (non-hydrogen) atoms. The summed E-state index contributed by atoms with van der Waals surface area (Å²) in [4.78, 5) is 19.7. The molecule has 7 atom stereocenters. The summed E-state index contributed by atoms with van der Waals surface area (Å²) in [5.41, 5.74) is -1.95. The Labute approximate surface area is 178 Å². The molecule has 8 heteroatoms. The lowest BCUT2D eigenvalue weighted by molar-refractivity contribution is -0.147. The van der Waals surface area contributed by atoms with Crippen molar-refractivity contribution >= 4 is 58.0 Å². The third-order valence-corrected chi connectivity index (χ3v) is 10.9. The number of rotatable bonds is 1. The molecule has 0 unspecified atom stereocenters. The highest BCUT2D eigenvalue weighted by atomic mass is 35.5. The van der Waals surface area contributed by atoms with Crippen molar-refractivity contribution in [2.45, 2.75) is 31.3 Å². The van der Waals surface area contributed by atoms with Crippen LogP contribution in [0.4, 0.5) is 8.78 Å². The van der Waals surface area contributed by atoms with Crippen molar-refractivity contribution in [2.24, 2.45) is 11.3 Å².